The van der Waals surface area contributed by atoms with E-state index in [1.54, 1.807) is 0 Å². The molecule has 1 rings (SSSR count). The van der Waals surface area contributed by atoms with Crippen molar-refractivity contribution in [1.82, 2.24) is 10.6 Å². The van der Waals surface area contributed by atoms with Gasteiger partial charge in [0.15, 0.2) is 5.11 Å². The average molecular weight is 321 g/mol. The van der Waals surface area contributed by atoms with Gasteiger partial charge in [-0.15, -0.1) is 0 Å². The molecule has 0 radical (unpaired) electrons. The Morgan fingerprint density at radius 3 is 2.23 bits per heavy atom. The van der Waals surface area contributed by atoms with Crippen LogP contribution in [0, 0.1) is 5.92 Å². The van der Waals surface area contributed by atoms with Crippen molar-refractivity contribution in [3.05, 3.63) is 35.4 Å². The van der Waals surface area contributed by atoms with Crippen LogP contribution in [0.1, 0.15) is 58.1 Å². The second-order valence-corrected chi connectivity index (χ2v) is 6.74. The number of rotatable bonds is 6. The van der Waals surface area contributed by atoms with Gasteiger partial charge >= 0.3 is 0 Å². The summed E-state index contributed by atoms with van der Waals surface area (Å²) >= 11 is 5.17. The molecule has 0 aromatic heterocycles. The van der Waals surface area contributed by atoms with Crippen LogP contribution in [0.2, 0.25) is 0 Å². The van der Waals surface area contributed by atoms with Crippen LogP contribution in [0.15, 0.2) is 24.3 Å². The van der Waals surface area contributed by atoms with Gasteiger partial charge < -0.3 is 10.6 Å². The van der Waals surface area contributed by atoms with Gasteiger partial charge in [-0.1, -0.05) is 45.0 Å². The van der Waals surface area contributed by atoms with E-state index in [4.69, 9.17) is 12.2 Å². The molecule has 0 aliphatic heterocycles. The molecule has 3 nitrogen and oxygen atoms in total. The Labute approximate surface area is 139 Å². The van der Waals surface area contributed by atoms with E-state index in [9.17, 15) is 4.79 Å². The normalized spacial score (nSPS) is 13.5. The van der Waals surface area contributed by atoms with Crippen molar-refractivity contribution >= 4 is 23.2 Å². The van der Waals surface area contributed by atoms with Crippen LogP contribution in [-0.2, 0) is 11.2 Å². The lowest BCUT2D eigenvalue weighted by atomic mass is 9.96. The summed E-state index contributed by atoms with van der Waals surface area (Å²) in [7, 11) is 0. The van der Waals surface area contributed by atoms with Crippen molar-refractivity contribution in [1.29, 1.82) is 0 Å². The summed E-state index contributed by atoms with van der Waals surface area (Å²) in [6, 6.07) is 8.54. The van der Waals surface area contributed by atoms with Crippen LogP contribution < -0.4 is 10.6 Å². The largest absolute Gasteiger partial charge is 0.360 e. The van der Waals surface area contributed by atoms with Crippen molar-refractivity contribution in [3.63, 3.8) is 0 Å². The van der Waals surface area contributed by atoms with Crippen LogP contribution in [0.4, 0.5) is 0 Å². The average Bonchev–Trinajstić information content (AvgIpc) is 2.46. The van der Waals surface area contributed by atoms with E-state index in [0.717, 1.165) is 18.4 Å². The molecule has 0 aliphatic rings. The fraction of sp³-hybridized carbons (Fsp3) is 0.556. The molecule has 0 fully saturated rings. The minimum absolute atomic E-state index is 0.0718. The van der Waals surface area contributed by atoms with Gasteiger partial charge in [-0.05, 0) is 56.0 Å². The molecular weight excluding hydrogens is 292 g/mol. The Bertz CT molecular complexity index is 496. The number of nitrogens with one attached hydrogen (secondary N) is 2. The number of carbonyl (C=O) groups excluding carboxylic acids is 1. The van der Waals surface area contributed by atoms with Crippen LogP contribution in [0.5, 0.6) is 0 Å². The molecule has 2 unspecified atom stereocenters. The number of amides is 1. The maximum Gasteiger partial charge on any atom is 0.233 e. The zero-order chi connectivity index (χ0) is 16.7. The molecule has 2 N–H and O–H groups in total. The van der Waals surface area contributed by atoms with Gasteiger partial charge in [0.2, 0.25) is 5.91 Å². The van der Waals surface area contributed by atoms with Crippen LogP contribution >= 0.6 is 12.2 Å². The lowest BCUT2D eigenvalue weighted by Crippen LogP contribution is -2.44. The molecule has 1 aromatic carbocycles. The summed E-state index contributed by atoms with van der Waals surface area (Å²) in [5.74, 6) is 0.345. The maximum atomic E-state index is 12.2. The summed E-state index contributed by atoms with van der Waals surface area (Å²) in [5, 5.41) is 6.27. The van der Waals surface area contributed by atoms with Crippen molar-refractivity contribution in [2.75, 3.05) is 0 Å². The summed E-state index contributed by atoms with van der Waals surface area (Å²) in [4.78, 5) is 12.2. The number of hydrogen-bond donors (Lipinski definition) is 2. The van der Waals surface area contributed by atoms with E-state index >= 15 is 0 Å². The first-order valence-corrected chi connectivity index (χ1v) is 8.44. The van der Waals surface area contributed by atoms with Crippen molar-refractivity contribution in [2.24, 2.45) is 5.92 Å². The highest BCUT2D eigenvalue weighted by atomic mass is 32.1. The lowest BCUT2D eigenvalue weighted by Gasteiger charge is -2.17. The Kier molecular flexibility index (Phi) is 7.52. The molecule has 0 saturated carbocycles. The predicted molar refractivity (Wildman–Crippen MR) is 97.0 cm³/mol. The van der Waals surface area contributed by atoms with Gasteiger partial charge in [0.25, 0.3) is 0 Å². The van der Waals surface area contributed by atoms with Crippen molar-refractivity contribution in [3.8, 4) is 0 Å². The second-order valence-electron chi connectivity index (χ2n) is 6.33. The van der Waals surface area contributed by atoms with E-state index in [-0.39, 0.29) is 17.9 Å². The zero-order valence-corrected chi connectivity index (χ0v) is 15.1. The molecule has 0 spiro atoms. The van der Waals surface area contributed by atoms with Gasteiger partial charge in [0.05, 0.1) is 5.92 Å². The predicted octanol–water partition coefficient (Wildman–Crippen LogP) is 3.78. The molecule has 1 amide bonds. The second kappa shape index (κ2) is 8.89. The van der Waals surface area contributed by atoms with Crippen LogP contribution in [0.25, 0.3) is 0 Å². The summed E-state index contributed by atoms with van der Waals surface area (Å²) in [5.41, 5.74) is 2.32. The number of carbonyl (C=O) groups is 1. The molecule has 2 atom stereocenters. The fourth-order valence-electron chi connectivity index (χ4n) is 2.15. The molecule has 0 aliphatic carbocycles. The Morgan fingerprint density at radius 1 is 1.14 bits per heavy atom. The van der Waals surface area contributed by atoms with Crippen molar-refractivity contribution in [2.45, 2.75) is 59.4 Å². The van der Waals surface area contributed by atoms with E-state index in [1.165, 1.54) is 5.56 Å². The number of benzene rings is 1. The Hall–Kier alpha value is -1.42. The van der Waals surface area contributed by atoms with Crippen molar-refractivity contribution < 1.29 is 4.79 Å². The molecule has 0 bridgehead atoms. The SMILES string of the molecule is CCC(C)NC(=S)NC(=O)C(C)c1ccc(CC(C)C)cc1. The lowest BCUT2D eigenvalue weighted by molar-refractivity contribution is -0.120. The van der Waals surface area contributed by atoms with Crippen LogP contribution in [-0.4, -0.2) is 17.1 Å². The number of thiocarbonyl (C=S) groups is 1. The van der Waals surface area contributed by atoms with E-state index in [0.29, 0.717) is 11.0 Å². The molecule has 4 heteroatoms. The van der Waals surface area contributed by atoms with Gasteiger partial charge in [-0.25, -0.2) is 0 Å². The summed E-state index contributed by atoms with van der Waals surface area (Å²) in [6.07, 6.45) is 2.02. The first-order chi connectivity index (χ1) is 10.3. The highest BCUT2D eigenvalue weighted by Crippen LogP contribution is 2.17. The van der Waals surface area contributed by atoms with E-state index in [2.05, 4.69) is 43.5 Å². The highest BCUT2D eigenvalue weighted by Gasteiger charge is 2.16. The third-order valence-electron chi connectivity index (χ3n) is 3.74. The third-order valence-corrected chi connectivity index (χ3v) is 3.96. The maximum absolute atomic E-state index is 12.2. The quantitative estimate of drug-likeness (QED) is 0.784. The molecule has 0 heterocycles. The topological polar surface area (TPSA) is 41.1 Å². The standard InChI is InChI=1S/C18H28N2OS/c1-6-13(4)19-18(22)20-17(21)14(5)16-9-7-15(8-10-16)11-12(2)3/h7-10,12-14H,6,11H2,1-5H3,(H2,19,20,21,22). The monoisotopic (exact) mass is 320 g/mol. The third kappa shape index (κ3) is 6.14. The minimum atomic E-state index is -0.218. The van der Waals surface area contributed by atoms with Gasteiger partial charge in [0, 0.05) is 6.04 Å². The zero-order valence-electron chi connectivity index (χ0n) is 14.3. The first kappa shape index (κ1) is 18.6. The highest BCUT2D eigenvalue weighted by molar-refractivity contribution is 7.80. The first-order valence-electron chi connectivity index (χ1n) is 8.03. The van der Waals surface area contributed by atoms with Crippen LogP contribution in [0.3, 0.4) is 0 Å². The van der Waals surface area contributed by atoms with E-state index < -0.39 is 0 Å². The molecule has 22 heavy (non-hydrogen) atoms. The molecule has 0 saturated heterocycles. The van der Waals surface area contributed by atoms with Gasteiger partial charge in [-0.2, -0.15) is 0 Å². The molecule has 122 valence electrons. The van der Waals surface area contributed by atoms with E-state index in [1.807, 2.05) is 26.0 Å². The Morgan fingerprint density at radius 2 is 1.73 bits per heavy atom. The summed E-state index contributed by atoms with van der Waals surface area (Å²) < 4.78 is 0. The fourth-order valence-corrected chi connectivity index (χ4v) is 2.45. The summed E-state index contributed by atoms with van der Waals surface area (Å²) in [6.45, 7) is 10.4. The smallest absolute Gasteiger partial charge is 0.233 e. The molecule has 1 aromatic rings. The number of hydrogen-bond acceptors (Lipinski definition) is 2. The van der Waals surface area contributed by atoms with Gasteiger partial charge in [0.1, 0.15) is 0 Å². The minimum Gasteiger partial charge on any atom is -0.360 e. The Balaban J connectivity index is 2.61. The van der Waals surface area contributed by atoms with Gasteiger partial charge in [-0.3, -0.25) is 4.79 Å². The molecular formula is C18H28N2OS.